The summed E-state index contributed by atoms with van der Waals surface area (Å²) in [5, 5.41) is 18.2. The van der Waals surface area contributed by atoms with Gasteiger partial charge in [0.15, 0.2) is 0 Å². The van der Waals surface area contributed by atoms with Crippen molar-refractivity contribution >= 4 is 0 Å². The van der Waals surface area contributed by atoms with E-state index >= 15 is 0 Å². The van der Waals surface area contributed by atoms with Crippen LogP contribution in [0.25, 0.3) is 11.1 Å². The summed E-state index contributed by atoms with van der Waals surface area (Å²) in [4.78, 5) is 0. The number of hydrogen-bond acceptors (Lipinski definition) is 3. The first-order valence-corrected chi connectivity index (χ1v) is 7.59. The van der Waals surface area contributed by atoms with Gasteiger partial charge in [0, 0.05) is 5.56 Å². The van der Waals surface area contributed by atoms with Crippen LogP contribution in [0.2, 0.25) is 0 Å². The van der Waals surface area contributed by atoms with Crippen LogP contribution in [0.5, 0.6) is 11.5 Å². The standard InChI is InChI=1S/C21H13FN2O/c1-14-10-18(8-9-21(14)22)25-19-7-6-17(13-24)20(11-19)16-4-2-15(12-23)3-5-16/h2-11H,1H3. The Morgan fingerprint density at radius 1 is 0.840 bits per heavy atom. The molecule has 0 aromatic heterocycles. The van der Waals surface area contributed by atoms with Gasteiger partial charge in [-0.3, -0.25) is 0 Å². The van der Waals surface area contributed by atoms with Gasteiger partial charge >= 0.3 is 0 Å². The molecule has 0 heterocycles. The molecule has 4 heteroatoms. The summed E-state index contributed by atoms with van der Waals surface area (Å²) in [6.45, 7) is 1.67. The molecule has 25 heavy (non-hydrogen) atoms. The highest BCUT2D eigenvalue weighted by Crippen LogP contribution is 2.31. The zero-order valence-corrected chi connectivity index (χ0v) is 13.5. The molecular formula is C21H13FN2O. The Morgan fingerprint density at radius 3 is 2.16 bits per heavy atom. The molecule has 0 aliphatic rings. The monoisotopic (exact) mass is 328 g/mol. The van der Waals surface area contributed by atoms with E-state index in [9.17, 15) is 9.65 Å². The average molecular weight is 328 g/mol. The van der Waals surface area contributed by atoms with Gasteiger partial charge in [0.25, 0.3) is 0 Å². The molecular weight excluding hydrogens is 315 g/mol. The third kappa shape index (κ3) is 3.49. The molecule has 0 bridgehead atoms. The second-order valence-corrected chi connectivity index (χ2v) is 5.52. The number of halogens is 1. The molecule has 0 saturated heterocycles. The van der Waals surface area contributed by atoms with Crippen molar-refractivity contribution in [1.82, 2.24) is 0 Å². The summed E-state index contributed by atoms with van der Waals surface area (Å²) in [6, 6.07) is 20.9. The van der Waals surface area contributed by atoms with Gasteiger partial charge in [0.1, 0.15) is 17.3 Å². The van der Waals surface area contributed by atoms with Gasteiger partial charge in [-0.1, -0.05) is 12.1 Å². The second-order valence-electron chi connectivity index (χ2n) is 5.52. The van der Waals surface area contributed by atoms with Crippen molar-refractivity contribution in [1.29, 1.82) is 10.5 Å². The normalized spacial score (nSPS) is 9.92. The fraction of sp³-hybridized carbons (Fsp3) is 0.0476. The molecule has 3 aromatic carbocycles. The Balaban J connectivity index is 1.98. The molecule has 0 aliphatic carbocycles. The van der Waals surface area contributed by atoms with Crippen LogP contribution in [0.1, 0.15) is 16.7 Å². The lowest BCUT2D eigenvalue weighted by Gasteiger charge is -2.10. The van der Waals surface area contributed by atoms with Crippen LogP contribution in [-0.2, 0) is 0 Å². The number of nitriles is 2. The van der Waals surface area contributed by atoms with E-state index in [0.29, 0.717) is 33.8 Å². The highest BCUT2D eigenvalue weighted by Gasteiger charge is 2.09. The van der Waals surface area contributed by atoms with Gasteiger partial charge < -0.3 is 4.74 Å². The van der Waals surface area contributed by atoms with Crippen molar-refractivity contribution in [2.24, 2.45) is 0 Å². The van der Waals surface area contributed by atoms with Gasteiger partial charge in [-0.2, -0.15) is 10.5 Å². The summed E-state index contributed by atoms with van der Waals surface area (Å²) in [5.41, 5.74) is 3.09. The molecule has 0 saturated carbocycles. The summed E-state index contributed by atoms with van der Waals surface area (Å²) in [5.74, 6) is 0.782. The van der Waals surface area contributed by atoms with E-state index in [1.807, 2.05) is 0 Å². The molecule has 3 nitrogen and oxygen atoms in total. The van der Waals surface area contributed by atoms with Gasteiger partial charge in [0.05, 0.1) is 23.3 Å². The number of rotatable bonds is 3. The lowest BCUT2D eigenvalue weighted by Crippen LogP contribution is -1.90. The Bertz CT molecular complexity index is 1010. The van der Waals surface area contributed by atoms with Crippen molar-refractivity contribution < 1.29 is 9.13 Å². The highest BCUT2D eigenvalue weighted by molar-refractivity contribution is 5.72. The van der Waals surface area contributed by atoms with Gasteiger partial charge in [0.2, 0.25) is 0 Å². The van der Waals surface area contributed by atoms with Gasteiger partial charge in [-0.15, -0.1) is 0 Å². The molecule has 0 unspecified atom stereocenters. The van der Waals surface area contributed by atoms with Crippen molar-refractivity contribution in [2.45, 2.75) is 6.92 Å². The fourth-order valence-electron chi connectivity index (χ4n) is 2.46. The van der Waals surface area contributed by atoms with E-state index in [0.717, 1.165) is 5.56 Å². The predicted molar refractivity (Wildman–Crippen MR) is 92.5 cm³/mol. The predicted octanol–water partition coefficient (Wildman–Crippen LogP) is 5.34. The van der Waals surface area contributed by atoms with E-state index in [1.165, 1.54) is 6.07 Å². The Hall–Kier alpha value is -3.63. The Labute approximate surface area is 145 Å². The van der Waals surface area contributed by atoms with Crippen LogP contribution in [0.4, 0.5) is 4.39 Å². The molecule has 120 valence electrons. The summed E-state index contributed by atoms with van der Waals surface area (Å²) in [6.07, 6.45) is 0. The smallest absolute Gasteiger partial charge is 0.128 e. The Kier molecular flexibility index (Phi) is 4.46. The van der Waals surface area contributed by atoms with Crippen molar-refractivity contribution in [3.8, 4) is 34.8 Å². The van der Waals surface area contributed by atoms with E-state index in [2.05, 4.69) is 12.1 Å². The van der Waals surface area contributed by atoms with Crippen molar-refractivity contribution in [3.63, 3.8) is 0 Å². The van der Waals surface area contributed by atoms with Crippen LogP contribution >= 0.6 is 0 Å². The molecule has 3 rings (SSSR count). The Morgan fingerprint density at radius 2 is 1.52 bits per heavy atom. The highest BCUT2D eigenvalue weighted by atomic mass is 19.1. The quantitative estimate of drug-likeness (QED) is 0.652. The van der Waals surface area contributed by atoms with E-state index in [1.54, 1.807) is 61.5 Å². The second kappa shape index (κ2) is 6.86. The molecule has 0 atom stereocenters. The molecule has 0 fully saturated rings. The molecule has 3 aromatic rings. The maximum Gasteiger partial charge on any atom is 0.128 e. The molecule has 0 spiro atoms. The minimum atomic E-state index is -0.287. The van der Waals surface area contributed by atoms with E-state index < -0.39 is 0 Å². The first-order chi connectivity index (χ1) is 12.1. The number of hydrogen-bond donors (Lipinski definition) is 0. The maximum absolute atomic E-state index is 13.4. The lowest BCUT2D eigenvalue weighted by molar-refractivity contribution is 0.480. The summed E-state index contributed by atoms with van der Waals surface area (Å²) < 4.78 is 19.2. The lowest BCUT2D eigenvalue weighted by atomic mass is 9.99. The van der Waals surface area contributed by atoms with Crippen LogP contribution in [0.15, 0.2) is 60.7 Å². The molecule has 0 radical (unpaired) electrons. The SMILES string of the molecule is Cc1cc(Oc2ccc(C#N)c(-c3ccc(C#N)cc3)c2)ccc1F. The largest absolute Gasteiger partial charge is 0.457 e. The molecule has 0 aliphatic heterocycles. The number of aryl methyl sites for hydroxylation is 1. The molecule has 0 amide bonds. The van der Waals surface area contributed by atoms with Crippen molar-refractivity contribution in [3.05, 3.63) is 83.2 Å². The van der Waals surface area contributed by atoms with Crippen LogP contribution in [-0.4, -0.2) is 0 Å². The zero-order chi connectivity index (χ0) is 17.8. The first-order valence-electron chi connectivity index (χ1n) is 7.59. The summed E-state index contributed by atoms with van der Waals surface area (Å²) in [7, 11) is 0. The number of nitrogens with zero attached hydrogens (tertiary/aromatic N) is 2. The number of benzene rings is 3. The molecule has 0 N–H and O–H groups in total. The third-order valence-electron chi connectivity index (χ3n) is 3.80. The fourth-order valence-corrected chi connectivity index (χ4v) is 2.46. The number of ether oxygens (including phenoxy) is 1. The third-order valence-corrected chi connectivity index (χ3v) is 3.80. The van der Waals surface area contributed by atoms with Crippen LogP contribution in [0, 0.1) is 35.4 Å². The van der Waals surface area contributed by atoms with E-state index in [-0.39, 0.29) is 5.82 Å². The topological polar surface area (TPSA) is 56.8 Å². The van der Waals surface area contributed by atoms with Gasteiger partial charge in [-0.05, 0) is 66.6 Å². The van der Waals surface area contributed by atoms with E-state index in [4.69, 9.17) is 10.00 Å². The maximum atomic E-state index is 13.4. The van der Waals surface area contributed by atoms with Crippen LogP contribution < -0.4 is 4.74 Å². The average Bonchev–Trinajstić information content (AvgIpc) is 2.65. The van der Waals surface area contributed by atoms with Crippen molar-refractivity contribution in [2.75, 3.05) is 0 Å². The first kappa shape index (κ1) is 16.2. The zero-order valence-electron chi connectivity index (χ0n) is 13.5. The van der Waals surface area contributed by atoms with Crippen LogP contribution in [0.3, 0.4) is 0 Å². The minimum absolute atomic E-state index is 0.287. The minimum Gasteiger partial charge on any atom is -0.457 e. The van der Waals surface area contributed by atoms with Gasteiger partial charge in [-0.25, -0.2) is 4.39 Å². The summed E-state index contributed by atoms with van der Waals surface area (Å²) >= 11 is 0.